The number of benzene rings is 1. The zero-order chi connectivity index (χ0) is 21.6. The predicted molar refractivity (Wildman–Crippen MR) is 120 cm³/mol. The molecule has 7 nitrogen and oxygen atoms in total. The molecule has 7 heteroatoms. The Bertz CT molecular complexity index is 1070. The van der Waals surface area contributed by atoms with E-state index < -0.39 is 0 Å². The summed E-state index contributed by atoms with van der Waals surface area (Å²) in [5, 5.41) is 4.96. The number of ether oxygens (including phenoxy) is 1. The minimum absolute atomic E-state index is 0.00441. The summed E-state index contributed by atoms with van der Waals surface area (Å²) in [6, 6.07) is 11.9. The SMILES string of the molecule is CCCOc1nc2ccccc2cc1/C=C/C(=O)N1CCN(Cc2cc(C)no2)CC1. The first-order chi connectivity index (χ1) is 15.1. The summed E-state index contributed by atoms with van der Waals surface area (Å²) >= 11 is 0. The number of hydrogen-bond acceptors (Lipinski definition) is 6. The highest BCUT2D eigenvalue weighted by Gasteiger charge is 2.20. The molecule has 3 aromatic rings. The van der Waals surface area contributed by atoms with Crippen LogP contribution in [0.4, 0.5) is 0 Å². The van der Waals surface area contributed by atoms with Crippen LogP contribution in [0.2, 0.25) is 0 Å². The first-order valence-electron chi connectivity index (χ1n) is 10.8. The molecule has 1 aliphatic heterocycles. The molecule has 1 amide bonds. The lowest BCUT2D eigenvalue weighted by molar-refractivity contribution is -0.127. The van der Waals surface area contributed by atoms with Crippen LogP contribution in [-0.2, 0) is 11.3 Å². The van der Waals surface area contributed by atoms with Gasteiger partial charge >= 0.3 is 0 Å². The van der Waals surface area contributed by atoms with E-state index in [0.29, 0.717) is 25.6 Å². The molecular formula is C24H28N4O3. The Morgan fingerprint density at radius 2 is 2.00 bits per heavy atom. The number of nitrogens with zero attached hydrogens (tertiary/aromatic N) is 4. The van der Waals surface area contributed by atoms with Crippen molar-refractivity contribution in [2.75, 3.05) is 32.8 Å². The Morgan fingerprint density at radius 3 is 2.74 bits per heavy atom. The topological polar surface area (TPSA) is 71.7 Å². The van der Waals surface area contributed by atoms with Crippen LogP contribution >= 0.6 is 0 Å². The molecule has 0 spiro atoms. The monoisotopic (exact) mass is 420 g/mol. The molecular weight excluding hydrogens is 392 g/mol. The fourth-order valence-electron chi connectivity index (χ4n) is 3.65. The van der Waals surface area contributed by atoms with Crippen molar-refractivity contribution in [2.24, 2.45) is 0 Å². The summed E-state index contributed by atoms with van der Waals surface area (Å²) in [6.45, 7) is 8.27. The minimum atomic E-state index is 0.00441. The second-order valence-corrected chi connectivity index (χ2v) is 7.79. The number of aromatic nitrogens is 2. The Hall–Kier alpha value is -3.19. The molecule has 0 atom stereocenters. The Kier molecular flexibility index (Phi) is 6.62. The van der Waals surface area contributed by atoms with E-state index in [1.54, 1.807) is 6.08 Å². The number of amides is 1. The molecule has 2 aromatic heterocycles. The standard InChI is InChI=1S/C24H28N4O3/c1-3-14-30-24-20(16-19-6-4-5-7-22(19)25-24)8-9-23(29)28-12-10-27(11-13-28)17-21-15-18(2)26-31-21/h4-9,15-16H,3,10-14,17H2,1-2H3/b9-8+. The van der Waals surface area contributed by atoms with Crippen molar-refractivity contribution in [3.8, 4) is 5.88 Å². The van der Waals surface area contributed by atoms with Gasteiger partial charge in [-0.2, -0.15) is 0 Å². The lowest BCUT2D eigenvalue weighted by atomic mass is 10.1. The van der Waals surface area contributed by atoms with E-state index in [1.165, 1.54) is 0 Å². The molecule has 3 heterocycles. The zero-order valence-electron chi connectivity index (χ0n) is 18.1. The van der Waals surface area contributed by atoms with Gasteiger partial charge < -0.3 is 14.2 Å². The molecule has 1 saturated heterocycles. The molecule has 0 unspecified atom stereocenters. The van der Waals surface area contributed by atoms with Crippen LogP contribution in [-0.4, -0.2) is 58.6 Å². The van der Waals surface area contributed by atoms with E-state index >= 15 is 0 Å². The summed E-state index contributed by atoms with van der Waals surface area (Å²) < 4.78 is 11.1. The fraction of sp³-hybridized carbons (Fsp3) is 0.375. The molecule has 0 saturated carbocycles. The van der Waals surface area contributed by atoms with Crippen molar-refractivity contribution in [1.82, 2.24) is 19.9 Å². The molecule has 1 aliphatic rings. The first kappa shape index (κ1) is 21.1. The number of carbonyl (C=O) groups is 1. The van der Waals surface area contributed by atoms with Gasteiger partial charge in [-0.1, -0.05) is 30.3 Å². The number of fused-ring (bicyclic) bond motifs is 1. The molecule has 4 rings (SSSR count). The summed E-state index contributed by atoms with van der Waals surface area (Å²) in [7, 11) is 0. The number of para-hydroxylation sites is 1. The van der Waals surface area contributed by atoms with E-state index in [0.717, 1.165) is 54.0 Å². The lowest BCUT2D eigenvalue weighted by Gasteiger charge is -2.33. The van der Waals surface area contributed by atoms with Crippen LogP contribution in [0.5, 0.6) is 5.88 Å². The maximum absolute atomic E-state index is 12.8. The second-order valence-electron chi connectivity index (χ2n) is 7.79. The number of pyridine rings is 1. The highest BCUT2D eigenvalue weighted by atomic mass is 16.5. The largest absolute Gasteiger partial charge is 0.477 e. The van der Waals surface area contributed by atoms with Crippen molar-refractivity contribution < 1.29 is 14.1 Å². The van der Waals surface area contributed by atoms with Crippen molar-refractivity contribution in [3.05, 3.63) is 59.5 Å². The summed E-state index contributed by atoms with van der Waals surface area (Å²) in [6.07, 6.45) is 4.34. The third-order valence-electron chi connectivity index (χ3n) is 5.31. The summed E-state index contributed by atoms with van der Waals surface area (Å²) in [5.41, 5.74) is 2.59. The van der Waals surface area contributed by atoms with Crippen molar-refractivity contribution in [3.63, 3.8) is 0 Å². The van der Waals surface area contributed by atoms with Crippen LogP contribution < -0.4 is 4.74 Å². The molecule has 162 valence electrons. The Labute approximate surface area is 182 Å². The molecule has 0 N–H and O–H groups in total. The van der Waals surface area contributed by atoms with Crippen molar-refractivity contribution in [2.45, 2.75) is 26.8 Å². The Balaban J connectivity index is 1.40. The Morgan fingerprint density at radius 1 is 1.19 bits per heavy atom. The normalized spacial score (nSPS) is 15.1. The van der Waals surface area contributed by atoms with Crippen LogP contribution in [0, 0.1) is 6.92 Å². The number of rotatable bonds is 7. The van der Waals surface area contributed by atoms with E-state index in [4.69, 9.17) is 9.26 Å². The zero-order valence-corrected chi connectivity index (χ0v) is 18.1. The predicted octanol–water partition coefficient (Wildman–Crippen LogP) is 3.68. The maximum atomic E-state index is 12.8. The van der Waals surface area contributed by atoms with Crippen LogP contribution in [0.1, 0.15) is 30.4 Å². The number of piperazine rings is 1. The van der Waals surface area contributed by atoms with Gasteiger partial charge in [0.05, 0.1) is 24.4 Å². The molecule has 0 bridgehead atoms. The highest BCUT2D eigenvalue weighted by Crippen LogP contribution is 2.24. The van der Waals surface area contributed by atoms with Gasteiger partial charge in [0.15, 0.2) is 5.76 Å². The van der Waals surface area contributed by atoms with Crippen molar-refractivity contribution >= 4 is 22.9 Å². The fourth-order valence-corrected chi connectivity index (χ4v) is 3.65. The molecule has 31 heavy (non-hydrogen) atoms. The van der Waals surface area contributed by atoms with E-state index in [-0.39, 0.29) is 5.91 Å². The van der Waals surface area contributed by atoms with Gasteiger partial charge in [0.1, 0.15) is 0 Å². The molecule has 1 fully saturated rings. The van der Waals surface area contributed by atoms with E-state index in [2.05, 4.69) is 22.0 Å². The van der Waals surface area contributed by atoms with Crippen molar-refractivity contribution in [1.29, 1.82) is 0 Å². The van der Waals surface area contributed by atoms with E-state index in [9.17, 15) is 4.79 Å². The summed E-state index contributed by atoms with van der Waals surface area (Å²) in [5.74, 6) is 1.43. The second kappa shape index (κ2) is 9.75. The smallest absolute Gasteiger partial charge is 0.246 e. The average Bonchev–Trinajstić information content (AvgIpc) is 3.20. The quantitative estimate of drug-likeness (QED) is 0.543. The third kappa shape index (κ3) is 5.30. The number of hydrogen-bond donors (Lipinski definition) is 0. The maximum Gasteiger partial charge on any atom is 0.246 e. The van der Waals surface area contributed by atoms with Gasteiger partial charge in [0, 0.05) is 49.3 Å². The number of carbonyl (C=O) groups excluding carboxylic acids is 1. The van der Waals surface area contributed by atoms with Crippen LogP contribution in [0.3, 0.4) is 0 Å². The van der Waals surface area contributed by atoms with Crippen LogP contribution in [0.15, 0.2) is 47.0 Å². The number of aryl methyl sites for hydroxylation is 1. The molecule has 1 aromatic carbocycles. The lowest BCUT2D eigenvalue weighted by Crippen LogP contribution is -2.47. The van der Waals surface area contributed by atoms with Gasteiger partial charge in [0.2, 0.25) is 11.8 Å². The van der Waals surface area contributed by atoms with Gasteiger partial charge in [-0.05, 0) is 31.6 Å². The molecule has 0 aliphatic carbocycles. The van der Waals surface area contributed by atoms with Gasteiger partial charge in [0.25, 0.3) is 0 Å². The van der Waals surface area contributed by atoms with Gasteiger partial charge in [-0.3, -0.25) is 9.69 Å². The summed E-state index contributed by atoms with van der Waals surface area (Å²) in [4.78, 5) is 21.5. The highest BCUT2D eigenvalue weighted by molar-refractivity contribution is 5.93. The third-order valence-corrected chi connectivity index (χ3v) is 5.31. The average molecular weight is 421 g/mol. The first-order valence-corrected chi connectivity index (χ1v) is 10.8. The van der Waals surface area contributed by atoms with E-state index in [1.807, 2.05) is 54.3 Å². The van der Waals surface area contributed by atoms with Crippen LogP contribution in [0.25, 0.3) is 17.0 Å². The van der Waals surface area contributed by atoms with Gasteiger partial charge in [-0.15, -0.1) is 0 Å². The van der Waals surface area contributed by atoms with Gasteiger partial charge in [-0.25, -0.2) is 4.98 Å². The minimum Gasteiger partial charge on any atom is -0.477 e. The molecule has 0 radical (unpaired) electrons.